The highest BCUT2D eigenvalue weighted by Gasteiger charge is 2.45. The number of alkyl halides is 2. The third kappa shape index (κ3) is 7.23. The quantitative estimate of drug-likeness (QED) is 0.401. The first-order valence-corrected chi connectivity index (χ1v) is 12.3. The monoisotopic (exact) mass is 506 g/mol. The van der Waals surface area contributed by atoms with E-state index in [4.69, 9.17) is 4.74 Å². The molecule has 3 rings (SSSR count). The van der Waals surface area contributed by atoms with Crippen molar-refractivity contribution in [2.45, 2.75) is 89.0 Å². The average Bonchev–Trinajstić information content (AvgIpc) is 3.57. The van der Waals surface area contributed by atoms with Gasteiger partial charge in [0.25, 0.3) is 0 Å². The van der Waals surface area contributed by atoms with Crippen LogP contribution >= 0.6 is 0 Å². The second kappa shape index (κ2) is 10.8. The fraction of sp³-hybridized carbons (Fsp3) is 0.536. The summed E-state index contributed by atoms with van der Waals surface area (Å²) in [6.07, 6.45) is -2.39. The van der Waals surface area contributed by atoms with Crippen molar-refractivity contribution in [3.63, 3.8) is 0 Å². The van der Waals surface area contributed by atoms with Gasteiger partial charge in [0, 0.05) is 12.1 Å². The summed E-state index contributed by atoms with van der Waals surface area (Å²) in [5.41, 5.74) is -0.352. The minimum absolute atomic E-state index is 0.137. The third-order valence-corrected chi connectivity index (χ3v) is 6.62. The van der Waals surface area contributed by atoms with E-state index in [0.717, 1.165) is 18.4 Å². The van der Waals surface area contributed by atoms with Crippen LogP contribution in [-0.4, -0.2) is 41.9 Å². The van der Waals surface area contributed by atoms with Gasteiger partial charge in [0.05, 0.1) is 17.6 Å². The molecule has 0 bridgehead atoms. The predicted octanol–water partition coefficient (Wildman–Crippen LogP) is 5.44. The highest BCUT2D eigenvalue weighted by Crippen LogP contribution is 2.46. The minimum atomic E-state index is -2.50. The van der Waals surface area contributed by atoms with Crippen LogP contribution in [0.3, 0.4) is 0 Å². The van der Waals surface area contributed by atoms with Crippen LogP contribution < -0.4 is 10.6 Å². The van der Waals surface area contributed by atoms with Crippen molar-refractivity contribution in [2.75, 3.05) is 6.54 Å². The predicted molar refractivity (Wildman–Crippen MR) is 134 cm³/mol. The van der Waals surface area contributed by atoms with Gasteiger partial charge < -0.3 is 20.5 Å². The number of alkyl carbamates (subject to hydrolysis) is 1. The second-order valence-corrected chi connectivity index (χ2v) is 11.2. The van der Waals surface area contributed by atoms with E-state index in [1.54, 1.807) is 45.0 Å². The molecule has 1 aliphatic rings. The molecular formula is C28H37F3N2O3. The molecule has 2 unspecified atom stereocenters. The molecule has 198 valence electrons. The van der Waals surface area contributed by atoms with Crippen LogP contribution in [0, 0.1) is 5.82 Å². The number of carbonyl (C=O) groups excluding carboxylic acids is 1. The van der Waals surface area contributed by atoms with Crippen LogP contribution in [0.1, 0.15) is 64.2 Å². The Hall–Kier alpha value is -2.58. The van der Waals surface area contributed by atoms with E-state index in [2.05, 4.69) is 10.6 Å². The molecule has 0 heterocycles. The van der Waals surface area contributed by atoms with Crippen molar-refractivity contribution in [3.8, 4) is 0 Å². The van der Waals surface area contributed by atoms with Crippen LogP contribution in [0.15, 0.2) is 48.5 Å². The summed E-state index contributed by atoms with van der Waals surface area (Å²) in [6, 6.07) is 12.5. The molecule has 2 aromatic carbocycles. The molecule has 8 heteroatoms. The van der Waals surface area contributed by atoms with Crippen molar-refractivity contribution < 1.29 is 27.8 Å². The first-order chi connectivity index (χ1) is 16.7. The standard InChI is InChI=1S/C28H37F3N2O3/c1-26(2,3)36-25(35)33-22(15-18-8-6-11-21(29)14-18)23(34)17-32-28(12-13-28)20-10-7-9-19(16-20)27(4,5)24(30)31/h6-11,14,16,22-24,32,34H,12-13,15,17H2,1-5H3,(H,33,35). The van der Waals surface area contributed by atoms with Crippen LogP contribution in [0.25, 0.3) is 0 Å². The van der Waals surface area contributed by atoms with Gasteiger partial charge in [-0.3, -0.25) is 0 Å². The Morgan fingerprint density at radius 2 is 1.75 bits per heavy atom. The van der Waals surface area contributed by atoms with Crippen LogP contribution in [0.5, 0.6) is 0 Å². The maximum absolute atomic E-state index is 13.7. The van der Waals surface area contributed by atoms with Gasteiger partial charge in [-0.2, -0.15) is 0 Å². The average molecular weight is 507 g/mol. The molecule has 1 fully saturated rings. The topological polar surface area (TPSA) is 70.6 Å². The Balaban J connectivity index is 1.73. The molecule has 0 saturated heterocycles. The fourth-order valence-corrected chi connectivity index (χ4v) is 4.14. The molecule has 0 spiro atoms. The first kappa shape index (κ1) is 28.0. The Labute approximate surface area is 211 Å². The van der Waals surface area contributed by atoms with Crippen molar-refractivity contribution >= 4 is 6.09 Å². The van der Waals surface area contributed by atoms with E-state index in [1.807, 2.05) is 12.1 Å². The number of rotatable bonds is 10. The van der Waals surface area contributed by atoms with E-state index in [-0.39, 0.29) is 13.0 Å². The van der Waals surface area contributed by atoms with Crippen LogP contribution in [0.2, 0.25) is 0 Å². The van der Waals surface area contributed by atoms with E-state index in [9.17, 15) is 23.1 Å². The first-order valence-electron chi connectivity index (χ1n) is 12.3. The van der Waals surface area contributed by atoms with E-state index < -0.39 is 47.0 Å². The lowest BCUT2D eigenvalue weighted by Crippen LogP contribution is -2.51. The molecule has 1 amide bonds. The molecule has 1 aliphatic carbocycles. The minimum Gasteiger partial charge on any atom is -0.444 e. The van der Waals surface area contributed by atoms with Gasteiger partial charge in [-0.05, 0) is 68.9 Å². The summed E-state index contributed by atoms with van der Waals surface area (Å²) >= 11 is 0. The lowest BCUT2D eigenvalue weighted by molar-refractivity contribution is 0.0418. The molecule has 2 atom stereocenters. The molecule has 0 aromatic heterocycles. The molecule has 0 radical (unpaired) electrons. The summed E-state index contributed by atoms with van der Waals surface area (Å²) in [4.78, 5) is 12.5. The summed E-state index contributed by atoms with van der Waals surface area (Å²) in [7, 11) is 0. The van der Waals surface area contributed by atoms with Crippen LogP contribution in [-0.2, 0) is 22.1 Å². The molecule has 5 nitrogen and oxygen atoms in total. The molecular weight excluding hydrogens is 469 g/mol. The number of nitrogens with one attached hydrogen (secondary N) is 2. The summed E-state index contributed by atoms with van der Waals surface area (Å²) in [6.45, 7) is 8.41. The van der Waals surface area contributed by atoms with Gasteiger partial charge in [0.1, 0.15) is 11.4 Å². The van der Waals surface area contributed by atoms with Gasteiger partial charge in [0.15, 0.2) is 0 Å². The Kier molecular flexibility index (Phi) is 8.41. The van der Waals surface area contributed by atoms with Gasteiger partial charge in [0.2, 0.25) is 6.43 Å². The summed E-state index contributed by atoms with van der Waals surface area (Å²) < 4.78 is 46.2. The zero-order chi connectivity index (χ0) is 26.7. The van der Waals surface area contributed by atoms with Crippen molar-refractivity contribution in [1.82, 2.24) is 10.6 Å². The molecule has 0 aliphatic heterocycles. The lowest BCUT2D eigenvalue weighted by Gasteiger charge is -2.29. The number of aliphatic hydroxyl groups is 1. The number of aliphatic hydroxyl groups excluding tert-OH is 1. The van der Waals surface area contributed by atoms with Crippen molar-refractivity contribution in [2.24, 2.45) is 0 Å². The number of ether oxygens (including phenoxy) is 1. The Morgan fingerprint density at radius 3 is 2.33 bits per heavy atom. The summed E-state index contributed by atoms with van der Waals surface area (Å²) in [5.74, 6) is -0.403. The number of halogens is 3. The lowest BCUT2D eigenvalue weighted by atomic mass is 9.83. The number of benzene rings is 2. The smallest absolute Gasteiger partial charge is 0.407 e. The van der Waals surface area contributed by atoms with E-state index >= 15 is 0 Å². The zero-order valence-electron chi connectivity index (χ0n) is 21.6. The van der Waals surface area contributed by atoms with Crippen molar-refractivity contribution in [3.05, 3.63) is 71.0 Å². The number of carbonyl (C=O) groups is 1. The maximum atomic E-state index is 13.7. The third-order valence-electron chi connectivity index (χ3n) is 6.62. The normalized spacial score (nSPS) is 16.9. The SMILES string of the molecule is CC(C)(C)OC(=O)NC(Cc1cccc(F)c1)C(O)CNC1(c2cccc(C(C)(C)C(F)F)c2)CC1. The largest absolute Gasteiger partial charge is 0.444 e. The van der Waals surface area contributed by atoms with Gasteiger partial charge >= 0.3 is 6.09 Å². The molecule has 1 saturated carbocycles. The Bertz CT molecular complexity index is 1050. The van der Waals surface area contributed by atoms with Gasteiger partial charge in [-0.1, -0.05) is 50.2 Å². The summed E-state index contributed by atoms with van der Waals surface area (Å²) in [5, 5.41) is 17.2. The number of amides is 1. The Morgan fingerprint density at radius 1 is 1.08 bits per heavy atom. The zero-order valence-corrected chi connectivity index (χ0v) is 21.6. The highest BCUT2D eigenvalue weighted by atomic mass is 19.3. The van der Waals surface area contributed by atoms with Gasteiger partial charge in [-0.15, -0.1) is 0 Å². The highest BCUT2D eigenvalue weighted by molar-refractivity contribution is 5.68. The molecule has 2 aromatic rings. The fourth-order valence-electron chi connectivity index (χ4n) is 4.14. The van der Waals surface area contributed by atoms with Crippen molar-refractivity contribution in [1.29, 1.82) is 0 Å². The second-order valence-electron chi connectivity index (χ2n) is 11.2. The molecule has 36 heavy (non-hydrogen) atoms. The number of hydrogen-bond donors (Lipinski definition) is 3. The maximum Gasteiger partial charge on any atom is 0.407 e. The van der Waals surface area contributed by atoms with Crippen LogP contribution in [0.4, 0.5) is 18.0 Å². The molecule has 3 N–H and O–H groups in total. The van der Waals surface area contributed by atoms with E-state index in [0.29, 0.717) is 11.1 Å². The van der Waals surface area contributed by atoms with E-state index in [1.165, 1.54) is 26.0 Å². The van der Waals surface area contributed by atoms with Gasteiger partial charge in [-0.25, -0.2) is 18.0 Å². The number of hydrogen-bond acceptors (Lipinski definition) is 4.